The Morgan fingerprint density at radius 2 is 2.13 bits per heavy atom. The maximum Gasteiger partial charge on any atom is 0.274 e. The van der Waals surface area contributed by atoms with E-state index in [-0.39, 0.29) is 12.0 Å². The molecular weight excluding hydrogens is 292 g/mol. The molecule has 0 unspecified atom stereocenters. The fourth-order valence-electron chi connectivity index (χ4n) is 4.25. The molecule has 3 aliphatic rings. The van der Waals surface area contributed by atoms with Crippen LogP contribution in [0.25, 0.3) is 0 Å². The van der Waals surface area contributed by atoms with E-state index in [0.29, 0.717) is 18.3 Å². The van der Waals surface area contributed by atoms with Gasteiger partial charge in [0.1, 0.15) is 5.69 Å². The van der Waals surface area contributed by atoms with E-state index in [1.807, 2.05) is 4.90 Å². The van der Waals surface area contributed by atoms with Crippen molar-refractivity contribution in [2.24, 2.45) is 5.92 Å². The van der Waals surface area contributed by atoms with Crippen molar-refractivity contribution >= 4 is 5.91 Å². The summed E-state index contributed by atoms with van der Waals surface area (Å²) in [5, 5.41) is 0. The highest BCUT2D eigenvalue weighted by atomic mass is 16.5. The minimum Gasteiger partial charge on any atom is -0.373 e. The fourth-order valence-corrected chi connectivity index (χ4v) is 4.25. The zero-order valence-electron chi connectivity index (χ0n) is 13.4. The van der Waals surface area contributed by atoms with Crippen LogP contribution in [0.1, 0.15) is 36.2 Å². The molecule has 2 atom stereocenters. The van der Waals surface area contributed by atoms with Crippen LogP contribution in [0.2, 0.25) is 0 Å². The Kier molecular flexibility index (Phi) is 4.27. The number of rotatable bonds is 3. The van der Waals surface area contributed by atoms with Crippen molar-refractivity contribution in [3.63, 3.8) is 0 Å². The predicted molar refractivity (Wildman–Crippen MR) is 85.0 cm³/mol. The first-order chi connectivity index (χ1) is 11.3. The maximum absolute atomic E-state index is 12.6. The zero-order chi connectivity index (χ0) is 15.6. The first-order valence-electron chi connectivity index (χ1n) is 8.72. The number of nitrogens with zero attached hydrogens (tertiary/aromatic N) is 4. The van der Waals surface area contributed by atoms with Gasteiger partial charge < -0.3 is 9.64 Å². The van der Waals surface area contributed by atoms with E-state index in [1.165, 1.54) is 25.7 Å². The highest BCUT2D eigenvalue weighted by Crippen LogP contribution is 2.29. The van der Waals surface area contributed by atoms with Crippen molar-refractivity contribution < 1.29 is 9.53 Å². The first kappa shape index (κ1) is 15.0. The van der Waals surface area contributed by atoms with Crippen molar-refractivity contribution in [3.8, 4) is 0 Å². The Morgan fingerprint density at radius 1 is 1.26 bits per heavy atom. The van der Waals surface area contributed by atoms with Crippen molar-refractivity contribution in [1.29, 1.82) is 0 Å². The van der Waals surface area contributed by atoms with E-state index in [9.17, 15) is 4.79 Å². The number of carbonyl (C=O) groups excluding carboxylic acids is 1. The molecule has 1 saturated carbocycles. The van der Waals surface area contributed by atoms with Crippen LogP contribution in [-0.4, -0.2) is 70.6 Å². The molecule has 1 aromatic heterocycles. The largest absolute Gasteiger partial charge is 0.373 e. The van der Waals surface area contributed by atoms with Crippen LogP contribution in [0, 0.1) is 5.92 Å². The van der Waals surface area contributed by atoms with E-state index in [2.05, 4.69) is 14.9 Å². The van der Waals surface area contributed by atoms with Crippen LogP contribution in [0.15, 0.2) is 18.6 Å². The first-order valence-corrected chi connectivity index (χ1v) is 8.72. The molecule has 0 spiro atoms. The van der Waals surface area contributed by atoms with Gasteiger partial charge in [0.25, 0.3) is 5.91 Å². The predicted octanol–water partition coefficient (Wildman–Crippen LogP) is 1.19. The smallest absolute Gasteiger partial charge is 0.274 e. The summed E-state index contributed by atoms with van der Waals surface area (Å²) < 4.78 is 5.94. The average molecular weight is 316 g/mol. The third-order valence-corrected chi connectivity index (χ3v) is 5.45. The Morgan fingerprint density at radius 3 is 2.91 bits per heavy atom. The number of aromatic nitrogens is 2. The molecule has 0 N–H and O–H groups in total. The molecule has 1 aliphatic carbocycles. The van der Waals surface area contributed by atoms with Gasteiger partial charge in [-0.25, -0.2) is 4.98 Å². The fraction of sp³-hybridized carbons (Fsp3) is 0.706. The quantitative estimate of drug-likeness (QED) is 0.838. The van der Waals surface area contributed by atoms with Gasteiger partial charge in [-0.3, -0.25) is 14.7 Å². The van der Waals surface area contributed by atoms with Gasteiger partial charge in [-0.2, -0.15) is 0 Å². The Labute approximate surface area is 136 Å². The van der Waals surface area contributed by atoms with Gasteiger partial charge in [-0.05, 0) is 18.8 Å². The summed E-state index contributed by atoms with van der Waals surface area (Å²) in [6, 6.07) is 0.338. The number of fused-ring (bicyclic) bond motifs is 1. The number of hydrogen-bond acceptors (Lipinski definition) is 5. The van der Waals surface area contributed by atoms with E-state index >= 15 is 0 Å². The normalized spacial score (nSPS) is 29.0. The lowest BCUT2D eigenvalue weighted by molar-refractivity contribution is -0.0516. The van der Waals surface area contributed by atoms with E-state index < -0.39 is 0 Å². The molecule has 124 valence electrons. The number of ether oxygens (including phenoxy) is 1. The van der Waals surface area contributed by atoms with E-state index in [1.54, 1.807) is 18.6 Å². The third kappa shape index (κ3) is 3.10. The molecule has 0 aromatic carbocycles. The molecule has 3 heterocycles. The lowest BCUT2D eigenvalue weighted by Gasteiger charge is -2.38. The summed E-state index contributed by atoms with van der Waals surface area (Å²) >= 11 is 0. The minimum absolute atomic E-state index is 0.0306. The highest BCUT2D eigenvalue weighted by Gasteiger charge is 2.42. The van der Waals surface area contributed by atoms with Gasteiger partial charge in [0.15, 0.2) is 0 Å². The number of hydrogen-bond donors (Lipinski definition) is 0. The van der Waals surface area contributed by atoms with Crippen LogP contribution in [0.4, 0.5) is 0 Å². The van der Waals surface area contributed by atoms with Gasteiger partial charge in [-0.15, -0.1) is 0 Å². The minimum atomic E-state index is -0.0306. The second kappa shape index (κ2) is 6.53. The summed E-state index contributed by atoms with van der Waals surface area (Å²) in [4.78, 5) is 25.2. The number of carbonyl (C=O) groups is 1. The zero-order valence-corrected chi connectivity index (χ0v) is 13.4. The van der Waals surface area contributed by atoms with Crippen LogP contribution < -0.4 is 0 Å². The highest BCUT2D eigenvalue weighted by molar-refractivity contribution is 5.92. The van der Waals surface area contributed by atoms with Gasteiger partial charge in [-0.1, -0.05) is 12.8 Å². The SMILES string of the molecule is O=C(c1cnccn1)N1C[C@@H]2OCCN(CC3CCCC3)[C@@H]2C1. The monoisotopic (exact) mass is 316 g/mol. The Hall–Kier alpha value is -1.53. The lowest BCUT2D eigenvalue weighted by atomic mass is 10.0. The van der Waals surface area contributed by atoms with Crippen molar-refractivity contribution in [2.45, 2.75) is 37.8 Å². The molecule has 6 heteroatoms. The summed E-state index contributed by atoms with van der Waals surface area (Å²) in [6.07, 6.45) is 10.3. The molecular formula is C17H24N4O2. The number of amides is 1. The topological polar surface area (TPSA) is 58.6 Å². The molecule has 0 radical (unpaired) electrons. The molecule has 2 saturated heterocycles. The standard InChI is InChI=1S/C17H24N4O2/c22-17(14-9-18-5-6-19-14)21-11-15-16(12-21)23-8-7-20(15)10-13-3-1-2-4-13/h5-6,9,13,15-16H,1-4,7-8,10-12H2/t15-,16+/m1/s1. The molecule has 23 heavy (non-hydrogen) atoms. The molecule has 6 nitrogen and oxygen atoms in total. The van der Waals surface area contributed by atoms with Crippen molar-refractivity contribution in [1.82, 2.24) is 19.8 Å². The third-order valence-electron chi connectivity index (χ3n) is 5.45. The van der Waals surface area contributed by atoms with Gasteiger partial charge >= 0.3 is 0 Å². The van der Waals surface area contributed by atoms with E-state index in [4.69, 9.17) is 4.74 Å². The van der Waals surface area contributed by atoms with Crippen LogP contribution in [0.5, 0.6) is 0 Å². The molecule has 0 bridgehead atoms. The molecule has 4 rings (SSSR count). The van der Waals surface area contributed by atoms with Gasteiger partial charge in [0, 0.05) is 38.6 Å². The van der Waals surface area contributed by atoms with Gasteiger partial charge in [0.2, 0.25) is 0 Å². The van der Waals surface area contributed by atoms with Crippen LogP contribution >= 0.6 is 0 Å². The lowest BCUT2D eigenvalue weighted by Crippen LogP contribution is -2.52. The molecule has 2 aliphatic heterocycles. The maximum atomic E-state index is 12.6. The average Bonchev–Trinajstić information content (AvgIpc) is 3.25. The summed E-state index contributed by atoms with van der Waals surface area (Å²) in [7, 11) is 0. The summed E-state index contributed by atoms with van der Waals surface area (Å²) in [6.45, 7) is 4.34. The van der Waals surface area contributed by atoms with Crippen LogP contribution in [0.3, 0.4) is 0 Å². The van der Waals surface area contributed by atoms with Crippen LogP contribution in [-0.2, 0) is 4.74 Å². The molecule has 1 amide bonds. The van der Waals surface area contributed by atoms with Crippen molar-refractivity contribution in [2.75, 3.05) is 32.8 Å². The van der Waals surface area contributed by atoms with Crippen molar-refractivity contribution in [3.05, 3.63) is 24.3 Å². The summed E-state index contributed by atoms with van der Waals surface area (Å²) in [5.41, 5.74) is 0.425. The van der Waals surface area contributed by atoms with E-state index in [0.717, 1.165) is 32.2 Å². The second-order valence-corrected chi connectivity index (χ2v) is 6.92. The molecule has 3 fully saturated rings. The summed E-state index contributed by atoms with van der Waals surface area (Å²) in [5.74, 6) is 0.801. The Balaban J connectivity index is 1.43. The second-order valence-electron chi connectivity index (χ2n) is 6.92. The Bertz CT molecular complexity index is 547. The van der Waals surface area contributed by atoms with Gasteiger partial charge in [0.05, 0.1) is 24.9 Å². The number of morpholine rings is 1. The number of likely N-dealkylation sites (tertiary alicyclic amines) is 1. The molecule has 1 aromatic rings.